The van der Waals surface area contributed by atoms with Crippen molar-refractivity contribution in [3.8, 4) is 0 Å². The Morgan fingerprint density at radius 2 is 2.29 bits per heavy atom. The molecule has 0 N–H and O–H groups in total. The molecule has 0 amide bonds. The first-order chi connectivity index (χ1) is 7.97. The molecule has 0 saturated heterocycles. The second-order valence-electron chi connectivity index (χ2n) is 3.07. The summed E-state index contributed by atoms with van der Waals surface area (Å²) in [4.78, 5) is 15.3. The maximum Gasteiger partial charge on any atom is 0.310 e. The van der Waals surface area contributed by atoms with Crippen LogP contribution in [0.4, 0.5) is 8.78 Å². The molecule has 0 aliphatic rings. The van der Waals surface area contributed by atoms with E-state index in [-0.39, 0.29) is 28.6 Å². The summed E-state index contributed by atoms with van der Waals surface area (Å²) >= 11 is 4.84. The predicted octanol–water partition coefficient (Wildman–Crippen LogP) is 3.49. The smallest absolute Gasteiger partial charge is 0.310 e. The third kappa shape index (κ3) is 3.84. The highest BCUT2D eigenvalue weighted by Crippen LogP contribution is 2.32. The fourth-order valence-corrected chi connectivity index (χ4v) is 2.41. The fourth-order valence-electron chi connectivity index (χ4n) is 1.28. The Bertz CT molecular complexity index is 429. The summed E-state index contributed by atoms with van der Waals surface area (Å²) in [5.41, 5.74) is 0.0193. The van der Waals surface area contributed by atoms with Crippen LogP contribution in [-0.2, 0) is 16.0 Å². The van der Waals surface area contributed by atoms with Crippen LogP contribution in [0.3, 0.4) is 0 Å². The minimum atomic E-state index is -2.66. The Kier molecular flexibility index (Phi) is 5.71. The van der Waals surface area contributed by atoms with Crippen molar-refractivity contribution in [3.63, 3.8) is 0 Å². The van der Waals surface area contributed by atoms with Crippen LogP contribution in [0, 0.1) is 3.70 Å². The van der Waals surface area contributed by atoms with Gasteiger partial charge in [-0.05, 0) is 45.4 Å². The van der Waals surface area contributed by atoms with Crippen LogP contribution in [0.25, 0.3) is 0 Å². The zero-order chi connectivity index (χ0) is 13.0. The van der Waals surface area contributed by atoms with Gasteiger partial charge in [0.2, 0.25) is 0 Å². The first-order valence-electron chi connectivity index (χ1n) is 4.73. The number of carbonyl (C=O) groups excluding carboxylic acids is 1. The number of hydrogen-bond acceptors (Lipinski definition) is 3. The fraction of sp³-hybridized carbons (Fsp3) is 0.400. The van der Waals surface area contributed by atoms with Crippen LogP contribution in [0.15, 0.2) is 10.7 Å². The largest absolute Gasteiger partial charge is 0.466 e. The summed E-state index contributed by atoms with van der Waals surface area (Å²) in [6.07, 6.45) is -1.55. The molecule has 1 heterocycles. The predicted molar refractivity (Wildman–Crippen MR) is 69.9 cm³/mol. The zero-order valence-corrected chi connectivity index (χ0v) is 12.6. The molecule has 1 aromatic rings. The molecule has 0 aliphatic heterocycles. The minimum absolute atomic E-state index is 0.196. The second-order valence-corrected chi connectivity index (χ2v) is 4.95. The first kappa shape index (κ1) is 14.7. The van der Waals surface area contributed by atoms with E-state index < -0.39 is 12.4 Å². The van der Waals surface area contributed by atoms with Gasteiger partial charge in [0.05, 0.1) is 13.0 Å². The number of aromatic nitrogens is 1. The van der Waals surface area contributed by atoms with Crippen LogP contribution < -0.4 is 0 Å². The monoisotopic (exact) mass is 419 g/mol. The van der Waals surface area contributed by atoms with Crippen molar-refractivity contribution in [3.05, 3.63) is 25.5 Å². The van der Waals surface area contributed by atoms with Crippen LogP contribution in [-0.4, -0.2) is 17.6 Å². The van der Waals surface area contributed by atoms with Gasteiger partial charge in [-0.15, -0.1) is 0 Å². The maximum absolute atomic E-state index is 12.9. The molecule has 0 radical (unpaired) electrons. The molecule has 0 bridgehead atoms. The Hall–Kier alpha value is -0.310. The van der Waals surface area contributed by atoms with Crippen molar-refractivity contribution in [1.82, 2.24) is 4.98 Å². The molecule has 3 nitrogen and oxygen atoms in total. The lowest BCUT2D eigenvalue weighted by Crippen LogP contribution is -2.12. The van der Waals surface area contributed by atoms with Crippen LogP contribution >= 0.6 is 38.5 Å². The van der Waals surface area contributed by atoms with E-state index in [4.69, 9.17) is 4.74 Å². The van der Waals surface area contributed by atoms with E-state index in [2.05, 4.69) is 20.9 Å². The Morgan fingerprint density at radius 1 is 1.65 bits per heavy atom. The zero-order valence-electron chi connectivity index (χ0n) is 8.84. The number of pyridine rings is 1. The minimum Gasteiger partial charge on any atom is -0.466 e. The number of ether oxygens (including phenoxy) is 1. The molecule has 17 heavy (non-hydrogen) atoms. The highest BCUT2D eigenvalue weighted by molar-refractivity contribution is 14.1. The molecular weight excluding hydrogens is 411 g/mol. The summed E-state index contributed by atoms with van der Waals surface area (Å²) in [6.45, 7) is 1.89. The third-order valence-corrected chi connectivity index (χ3v) is 3.53. The van der Waals surface area contributed by atoms with Gasteiger partial charge in [0.25, 0.3) is 6.43 Å². The van der Waals surface area contributed by atoms with Gasteiger partial charge in [-0.3, -0.25) is 4.79 Å². The quantitative estimate of drug-likeness (QED) is 0.426. The first-order valence-corrected chi connectivity index (χ1v) is 6.61. The number of halogens is 4. The van der Waals surface area contributed by atoms with Gasteiger partial charge in [-0.2, -0.15) is 0 Å². The molecule has 0 spiro atoms. The second kappa shape index (κ2) is 6.58. The van der Waals surface area contributed by atoms with Crippen LogP contribution in [0.5, 0.6) is 0 Å². The number of alkyl halides is 2. The number of carbonyl (C=O) groups is 1. The van der Waals surface area contributed by atoms with E-state index in [0.29, 0.717) is 3.70 Å². The number of esters is 1. The van der Waals surface area contributed by atoms with Crippen LogP contribution in [0.1, 0.15) is 24.5 Å². The Morgan fingerprint density at radius 3 is 2.82 bits per heavy atom. The van der Waals surface area contributed by atoms with Gasteiger partial charge < -0.3 is 4.74 Å². The summed E-state index contributed by atoms with van der Waals surface area (Å²) < 4.78 is 31.1. The lowest BCUT2D eigenvalue weighted by molar-refractivity contribution is -0.142. The molecule has 0 atom stereocenters. The van der Waals surface area contributed by atoms with Crippen molar-refractivity contribution >= 4 is 44.5 Å². The summed E-state index contributed by atoms with van der Waals surface area (Å²) in [5, 5.41) is 0. The van der Waals surface area contributed by atoms with Crippen molar-refractivity contribution in [2.45, 2.75) is 19.8 Å². The van der Waals surface area contributed by atoms with E-state index in [1.807, 2.05) is 22.6 Å². The highest BCUT2D eigenvalue weighted by atomic mass is 127. The highest BCUT2D eigenvalue weighted by Gasteiger charge is 2.22. The Balaban J connectivity index is 3.12. The SMILES string of the molecule is CCOC(=O)Cc1c(I)ncc(Br)c1C(F)F. The van der Waals surface area contributed by atoms with Crippen molar-refractivity contribution in [2.24, 2.45) is 0 Å². The van der Waals surface area contributed by atoms with Gasteiger partial charge in [-0.25, -0.2) is 13.8 Å². The molecule has 0 aromatic carbocycles. The van der Waals surface area contributed by atoms with Crippen LogP contribution in [0.2, 0.25) is 0 Å². The standard InChI is InChI=1S/C10H9BrF2INO2/c1-2-17-7(16)3-5-8(9(12)13)6(11)4-15-10(5)14/h4,9H,2-3H2,1H3. The molecule has 0 unspecified atom stereocenters. The lowest BCUT2D eigenvalue weighted by atomic mass is 10.1. The summed E-state index contributed by atoms with van der Waals surface area (Å²) in [6, 6.07) is 0. The average Bonchev–Trinajstić information content (AvgIpc) is 2.23. The molecule has 7 heteroatoms. The summed E-state index contributed by atoms with van der Waals surface area (Å²) in [5.74, 6) is -0.535. The van der Waals surface area contributed by atoms with Gasteiger partial charge >= 0.3 is 5.97 Å². The van der Waals surface area contributed by atoms with E-state index >= 15 is 0 Å². The van der Waals surface area contributed by atoms with Gasteiger partial charge in [0, 0.05) is 21.8 Å². The number of nitrogens with zero attached hydrogens (tertiary/aromatic N) is 1. The Labute approximate surface area is 119 Å². The summed E-state index contributed by atoms with van der Waals surface area (Å²) in [7, 11) is 0. The van der Waals surface area contributed by atoms with E-state index in [1.54, 1.807) is 6.92 Å². The molecule has 94 valence electrons. The van der Waals surface area contributed by atoms with Gasteiger partial charge in [-0.1, -0.05) is 0 Å². The van der Waals surface area contributed by atoms with E-state index in [0.717, 1.165) is 0 Å². The number of hydrogen-bond donors (Lipinski definition) is 0. The van der Waals surface area contributed by atoms with Gasteiger partial charge in [0.15, 0.2) is 0 Å². The van der Waals surface area contributed by atoms with Crippen molar-refractivity contribution in [1.29, 1.82) is 0 Å². The van der Waals surface area contributed by atoms with Gasteiger partial charge in [0.1, 0.15) is 3.70 Å². The molecule has 0 saturated carbocycles. The van der Waals surface area contributed by atoms with Crippen molar-refractivity contribution < 1.29 is 18.3 Å². The third-order valence-electron chi connectivity index (χ3n) is 1.97. The number of rotatable bonds is 4. The topological polar surface area (TPSA) is 39.2 Å². The van der Waals surface area contributed by atoms with Crippen molar-refractivity contribution in [2.75, 3.05) is 6.61 Å². The maximum atomic E-state index is 12.9. The molecule has 0 aliphatic carbocycles. The average molecular weight is 420 g/mol. The molecular formula is C10H9BrF2INO2. The molecule has 1 aromatic heterocycles. The lowest BCUT2D eigenvalue weighted by Gasteiger charge is -2.11. The normalized spacial score (nSPS) is 10.7. The molecule has 0 fully saturated rings. The molecule has 1 rings (SSSR count). The van der Waals surface area contributed by atoms with E-state index in [1.165, 1.54) is 6.20 Å². The van der Waals surface area contributed by atoms with E-state index in [9.17, 15) is 13.6 Å².